The standard InChI is InChI=1S/C12H19NO3S/c1-11-5-7-12(8-6-11)13(2)17(15,16)10-4-3-9-14/h5-8,14H,3-4,9-10H2,1-2H3. The molecule has 96 valence electrons. The normalized spacial score (nSPS) is 11.5. The highest BCUT2D eigenvalue weighted by molar-refractivity contribution is 7.92. The molecule has 0 aliphatic heterocycles. The summed E-state index contributed by atoms with van der Waals surface area (Å²) in [6.07, 6.45) is 0.996. The molecule has 0 aliphatic carbocycles. The van der Waals surface area contributed by atoms with Crippen molar-refractivity contribution in [1.82, 2.24) is 0 Å². The molecule has 17 heavy (non-hydrogen) atoms. The highest BCUT2D eigenvalue weighted by Crippen LogP contribution is 2.17. The Balaban J connectivity index is 2.74. The molecule has 0 unspecified atom stereocenters. The maximum atomic E-state index is 11.9. The van der Waals surface area contributed by atoms with E-state index < -0.39 is 10.0 Å². The van der Waals surface area contributed by atoms with Gasteiger partial charge in [-0.1, -0.05) is 17.7 Å². The number of aliphatic hydroxyl groups is 1. The van der Waals surface area contributed by atoms with Gasteiger partial charge in [-0.3, -0.25) is 4.31 Å². The molecule has 1 aromatic carbocycles. The van der Waals surface area contributed by atoms with Gasteiger partial charge in [0.15, 0.2) is 0 Å². The Bertz CT molecular complexity index is 439. The molecule has 0 spiro atoms. The van der Waals surface area contributed by atoms with Gasteiger partial charge in [0, 0.05) is 13.7 Å². The number of hydrogen-bond acceptors (Lipinski definition) is 3. The van der Waals surface area contributed by atoms with Gasteiger partial charge in [0.05, 0.1) is 11.4 Å². The number of rotatable bonds is 6. The molecule has 0 aliphatic rings. The number of hydrogen-bond donors (Lipinski definition) is 1. The van der Waals surface area contributed by atoms with Gasteiger partial charge in [-0.05, 0) is 31.9 Å². The SMILES string of the molecule is Cc1ccc(N(C)S(=O)(=O)CCCCO)cc1. The predicted molar refractivity (Wildman–Crippen MR) is 69.7 cm³/mol. The fourth-order valence-corrected chi connectivity index (χ4v) is 2.73. The van der Waals surface area contributed by atoms with E-state index in [9.17, 15) is 8.42 Å². The van der Waals surface area contributed by atoms with Crippen molar-refractivity contribution >= 4 is 15.7 Å². The Morgan fingerprint density at radius 3 is 2.29 bits per heavy atom. The van der Waals surface area contributed by atoms with Crippen LogP contribution in [-0.2, 0) is 10.0 Å². The first kappa shape index (κ1) is 14.0. The first-order valence-electron chi connectivity index (χ1n) is 5.61. The Hall–Kier alpha value is -1.07. The van der Waals surface area contributed by atoms with Gasteiger partial charge in [0.2, 0.25) is 10.0 Å². The minimum Gasteiger partial charge on any atom is -0.396 e. The summed E-state index contributed by atoms with van der Waals surface area (Å²) < 4.78 is 25.2. The van der Waals surface area contributed by atoms with Gasteiger partial charge in [0.25, 0.3) is 0 Å². The maximum Gasteiger partial charge on any atom is 0.234 e. The zero-order valence-corrected chi connectivity index (χ0v) is 11.1. The van der Waals surface area contributed by atoms with Crippen LogP contribution in [0.2, 0.25) is 0 Å². The van der Waals surface area contributed by atoms with E-state index >= 15 is 0 Å². The fourth-order valence-electron chi connectivity index (χ4n) is 1.45. The molecule has 0 atom stereocenters. The number of aryl methyl sites for hydroxylation is 1. The molecular formula is C12H19NO3S. The molecule has 5 heteroatoms. The lowest BCUT2D eigenvalue weighted by Crippen LogP contribution is -2.29. The zero-order chi connectivity index (χ0) is 12.9. The van der Waals surface area contributed by atoms with Crippen LogP contribution in [0, 0.1) is 6.92 Å². The van der Waals surface area contributed by atoms with Crippen molar-refractivity contribution < 1.29 is 13.5 Å². The van der Waals surface area contributed by atoms with E-state index in [1.165, 1.54) is 4.31 Å². The van der Waals surface area contributed by atoms with Crippen LogP contribution in [0.4, 0.5) is 5.69 Å². The lowest BCUT2D eigenvalue weighted by atomic mass is 10.2. The van der Waals surface area contributed by atoms with E-state index in [0.29, 0.717) is 18.5 Å². The second-order valence-electron chi connectivity index (χ2n) is 4.05. The van der Waals surface area contributed by atoms with Crippen molar-refractivity contribution in [2.24, 2.45) is 0 Å². The van der Waals surface area contributed by atoms with Gasteiger partial charge in [0.1, 0.15) is 0 Å². The first-order valence-corrected chi connectivity index (χ1v) is 7.22. The summed E-state index contributed by atoms with van der Waals surface area (Å²) in [6.45, 7) is 1.99. The highest BCUT2D eigenvalue weighted by atomic mass is 32.2. The van der Waals surface area contributed by atoms with Crippen molar-refractivity contribution in [2.75, 3.05) is 23.7 Å². The largest absolute Gasteiger partial charge is 0.396 e. The van der Waals surface area contributed by atoms with Crippen molar-refractivity contribution in [2.45, 2.75) is 19.8 Å². The van der Waals surface area contributed by atoms with Gasteiger partial charge >= 0.3 is 0 Å². The molecule has 4 nitrogen and oxygen atoms in total. The van der Waals surface area contributed by atoms with E-state index in [2.05, 4.69) is 0 Å². The van der Waals surface area contributed by atoms with Crippen LogP contribution in [-0.4, -0.2) is 32.9 Å². The first-order chi connectivity index (χ1) is 7.97. The lowest BCUT2D eigenvalue weighted by Gasteiger charge is -2.19. The summed E-state index contributed by atoms with van der Waals surface area (Å²) in [5.74, 6) is 0.0674. The summed E-state index contributed by atoms with van der Waals surface area (Å²) in [4.78, 5) is 0. The average Bonchev–Trinajstić information content (AvgIpc) is 2.29. The Labute approximate surface area is 103 Å². The molecule has 0 fully saturated rings. The number of benzene rings is 1. The van der Waals surface area contributed by atoms with Crippen LogP contribution in [0.3, 0.4) is 0 Å². The van der Waals surface area contributed by atoms with Crippen LogP contribution in [0.1, 0.15) is 18.4 Å². The maximum absolute atomic E-state index is 11.9. The smallest absolute Gasteiger partial charge is 0.234 e. The summed E-state index contributed by atoms with van der Waals surface area (Å²) >= 11 is 0. The van der Waals surface area contributed by atoms with E-state index in [4.69, 9.17) is 5.11 Å². The number of nitrogens with zero attached hydrogens (tertiary/aromatic N) is 1. The zero-order valence-electron chi connectivity index (χ0n) is 10.3. The van der Waals surface area contributed by atoms with Crippen LogP contribution in [0.5, 0.6) is 0 Å². The van der Waals surface area contributed by atoms with E-state index in [0.717, 1.165) is 5.56 Å². The van der Waals surface area contributed by atoms with Crippen LogP contribution in [0.25, 0.3) is 0 Å². The summed E-state index contributed by atoms with van der Waals surface area (Å²) in [5.41, 5.74) is 1.76. The van der Waals surface area contributed by atoms with Gasteiger partial charge in [-0.25, -0.2) is 8.42 Å². The molecule has 1 rings (SSSR count). The van der Waals surface area contributed by atoms with Gasteiger partial charge < -0.3 is 5.11 Å². The molecule has 0 bridgehead atoms. The third-order valence-electron chi connectivity index (χ3n) is 2.63. The molecule has 0 saturated carbocycles. The average molecular weight is 257 g/mol. The van der Waals surface area contributed by atoms with Crippen molar-refractivity contribution in [3.63, 3.8) is 0 Å². The second-order valence-corrected chi connectivity index (χ2v) is 6.17. The molecule has 0 aromatic heterocycles. The van der Waals surface area contributed by atoms with Gasteiger partial charge in [-0.2, -0.15) is 0 Å². The van der Waals surface area contributed by atoms with E-state index in [1.54, 1.807) is 19.2 Å². The van der Waals surface area contributed by atoms with Crippen LogP contribution >= 0.6 is 0 Å². The third kappa shape index (κ3) is 4.02. The molecule has 1 N–H and O–H groups in total. The quantitative estimate of drug-likeness (QED) is 0.786. The van der Waals surface area contributed by atoms with Crippen molar-refractivity contribution in [3.8, 4) is 0 Å². The molecule has 0 heterocycles. The monoisotopic (exact) mass is 257 g/mol. The summed E-state index contributed by atoms with van der Waals surface area (Å²) in [7, 11) is -1.72. The highest BCUT2D eigenvalue weighted by Gasteiger charge is 2.17. The predicted octanol–water partition coefficient (Wildman–Crippen LogP) is 1.53. The van der Waals surface area contributed by atoms with Crippen molar-refractivity contribution in [1.29, 1.82) is 0 Å². The number of unbranched alkanes of at least 4 members (excludes halogenated alkanes) is 1. The van der Waals surface area contributed by atoms with Crippen LogP contribution < -0.4 is 4.31 Å². The number of anilines is 1. The number of sulfonamides is 1. The van der Waals surface area contributed by atoms with E-state index in [-0.39, 0.29) is 12.4 Å². The molecule has 0 saturated heterocycles. The molecule has 0 amide bonds. The minimum atomic E-state index is -3.28. The summed E-state index contributed by atoms with van der Waals surface area (Å²) in [5, 5.41) is 8.64. The topological polar surface area (TPSA) is 57.6 Å². The molecule has 1 aromatic rings. The lowest BCUT2D eigenvalue weighted by molar-refractivity contribution is 0.287. The Morgan fingerprint density at radius 1 is 1.18 bits per heavy atom. The van der Waals surface area contributed by atoms with E-state index in [1.807, 2.05) is 19.1 Å². The fraction of sp³-hybridized carbons (Fsp3) is 0.500. The Morgan fingerprint density at radius 2 is 1.76 bits per heavy atom. The molecular weight excluding hydrogens is 238 g/mol. The van der Waals surface area contributed by atoms with Crippen molar-refractivity contribution in [3.05, 3.63) is 29.8 Å². The Kier molecular flexibility index (Phi) is 4.96. The minimum absolute atomic E-state index is 0.0315. The van der Waals surface area contributed by atoms with Crippen LogP contribution in [0.15, 0.2) is 24.3 Å². The molecule has 0 radical (unpaired) electrons. The second kappa shape index (κ2) is 6.02. The number of aliphatic hydroxyl groups excluding tert-OH is 1. The van der Waals surface area contributed by atoms with Gasteiger partial charge in [-0.15, -0.1) is 0 Å². The third-order valence-corrected chi connectivity index (χ3v) is 4.48. The summed E-state index contributed by atoms with van der Waals surface area (Å²) in [6, 6.07) is 7.35.